The van der Waals surface area contributed by atoms with Crippen LogP contribution in [0.25, 0.3) is 10.8 Å². The van der Waals surface area contributed by atoms with Crippen molar-refractivity contribution in [2.24, 2.45) is 0 Å². The summed E-state index contributed by atoms with van der Waals surface area (Å²) in [4.78, 5) is 22.6. The molecule has 1 amide bonds. The van der Waals surface area contributed by atoms with E-state index in [1.54, 1.807) is 13.3 Å². The molecule has 0 aromatic heterocycles. The van der Waals surface area contributed by atoms with E-state index in [0.717, 1.165) is 32.1 Å². The summed E-state index contributed by atoms with van der Waals surface area (Å²) >= 11 is 0. The highest BCUT2D eigenvalue weighted by Gasteiger charge is 2.04. The number of amides is 1. The molecule has 0 atom stereocenters. The molecule has 2 aromatic rings. The molecule has 0 heterocycles. The minimum atomic E-state index is 0.00167. The Labute approximate surface area is 144 Å². The molecule has 0 aliphatic heterocycles. The number of rotatable bonds is 10. The largest absolute Gasteiger partial charge is 0.356 e. The molecule has 2 rings (SSSR count). The molecule has 0 aliphatic rings. The van der Waals surface area contributed by atoms with E-state index in [9.17, 15) is 9.59 Å². The van der Waals surface area contributed by atoms with Crippen molar-refractivity contribution in [3.63, 3.8) is 0 Å². The van der Waals surface area contributed by atoms with Crippen molar-refractivity contribution in [2.45, 2.75) is 45.4 Å². The Morgan fingerprint density at radius 1 is 1.00 bits per heavy atom. The van der Waals surface area contributed by atoms with Gasteiger partial charge in [-0.2, -0.15) is 0 Å². The standard InChI is InChI=1S/C21H26NO2/c1-17(23)9-4-2-3-5-14-21(24)22-16-15-19-12-8-11-18-10-6-7-13-20(18)19/h6-8,10-14H,2-5,9,15-16H2,1H3,(H,22,24). The zero-order valence-corrected chi connectivity index (χ0v) is 14.4. The minimum Gasteiger partial charge on any atom is -0.356 e. The van der Waals surface area contributed by atoms with E-state index in [2.05, 4.69) is 35.6 Å². The molecule has 1 radical (unpaired) electrons. The van der Waals surface area contributed by atoms with Crippen LogP contribution in [0.3, 0.4) is 0 Å². The van der Waals surface area contributed by atoms with Crippen LogP contribution in [0.2, 0.25) is 0 Å². The molecule has 0 aliphatic carbocycles. The van der Waals surface area contributed by atoms with E-state index in [0.29, 0.717) is 13.0 Å². The molecule has 127 valence electrons. The zero-order chi connectivity index (χ0) is 17.2. The summed E-state index contributed by atoms with van der Waals surface area (Å²) in [5.74, 6) is 0.243. The van der Waals surface area contributed by atoms with Crippen LogP contribution in [0.1, 0.15) is 44.6 Å². The van der Waals surface area contributed by atoms with Gasteiger partial charge in [-0.3, -0.25) is 4.79 Å². The van der Waals surface area contributed by atoms with E-state index >= 15 is 0 Å². The third kappa shape index (κ3) is 6.15. The molecule has 0 saturated carbocycles. The van der Waals surface area contributed by atoms with E-state index in [1.807, 2.05) is 12.1 Å². The van der Waals surface area contributed by atoms with Crippen molar-refractivity contribution in [1.29, 1.82) is 0 Å². The van der Waals surface area contributed by atoms with Crippen LogP contribution < -0.4 is 5.32 Å². The maximum atomic E-state index is 11.8. The number of nitrogens with one attached hydrogen (secondary N) is 1. The lowest BCUT2D eigenvalue weighted by Gasteiger charge is -2.08. The summed E-state index contributed by atoms with van der Waals surface area (Å²) in [6.45, 7) is 2.27. The number of hydrogen-bond acceptors (Lipinski definition) is 2. The number of carbonyl (C=O) groups is 2. The van der Waals surface area contributed by atoms with Crippen molar-refractivity contribution in [3.8, 4) is 0 Å². The highest BCUT2D eigenvalue weighted by atomic mass is 16.1. The van der Waals surface area contributed by atoms with E-state index in [1.165, 1.54) is 16.3 Å². The Kier molecular flexibility index (Phi) is 7.47. The first-order valence-corrected chi connectivity index (χ1v) is 8.74. The van der Waals surface area contributed by atoms with Gasteiger partial charge in [0.05, 0.1) is 0 Å². The van der Waals surface area contributed by atoms with Crippen LogP contribution in [0.5, 0.6) is 0 Å². The quantitative estimate of drug-likeness (QED) is 0.664. The molecule has 3 nitrogen and oxygen atoms in total. The Bertz CT molecular complexity index is 673. The third-order valence-electron chi connectivity index (χ3n) is 4.14. The van der Waals surface area contributed by atoms with Crippen molar-refractivity contribution >= 4 is 22.5 Å². The van der Waals surface area contributed by atoms with Gasteiger partial charge in [0.2, 0.25) is 5.91 Å². The number of hydrogen-bond donors (Lipinski definition) is 1. The fraction of sp³-hybridized carbons (Fsp3) is 0.381. The molecule has 0 saturated heterocycles. The minimum absolute atomic E-state index is 0.00167. The maximum Gasteiger partial charge on any atom is 0.223 e. The lowest BCUT2D eigenvalue weighted by molar-refractivity contribution is -0.118. The second-order valence-electron chi connectivity index (χ2n) is 6.18. The van der Waals surface area contributed by atoms with Gasteiger partial charge in [0.15, 0.2) is 0 Å². The fourth-order valence-electron chi connectivity index (χ4n) is 2.83. The zero-order valence-electron chi connectivity index (χ0n) is 14.4. The van der Waals surface area contributed by atoms with Crippen molar-refractivity contribution in [2.75, 3.05) is 6.54 Å². The van der Waals surface area contributed by atoms with Gasteiger partial charge in [-0.25, -0.2) is 0 Å². The number of fused-ring (bicyclic) bond motifs is 1. The summed E-state index contributed by atoms with van der Waals surface area (Å²) in [6.07, 6.45) is 6.86. The lowest BCUT2D eigenvalue weighted by atomic mass is 10.0. The molecule has 24 heavy (non-hydrogen) atoms. The van der Waals surface area contributed by atoms with Crippen molar-refractivity contribution < 1.29 is 9.59 Å². The summed E-state index contributed by atoms with van der Waals surface area (Å²) < 4.78 is 0. The number of Topliss-reactive ketones (excluding diaryl/α,β-unsaturated/α-hetero) is 1. The van der Waals surface area contributed by atoms with E-state index < -0.39 is 0 Å². The normalized spacial score (nSPS) is 10.7. The van der Waals surface area contributed by atoms with Crippen LogP contribution in [-0.2, 0) is 16.0 Å². The van der Waals surface area contributed by atoms with Crippen LogP contribution in [0, 0.1) is 6.42 Å². The van der Waals surface area contributed by atoms with Crippen LogP contribution in [0.15, 0.2) is 42.5 Å². The van der Waals surface area contributed by atoms with Crippen molar-refractivity contribution in [3.05, 3.63) is 54.4 Å². The summed E-state index contributed by atoms with van der Waals surface area (Å²) in [7, 11) is 0. The molecule has 0 fully saturated rings. The molecule has 0 unspecified atom stereocenters. The first-order valence-electron chi connectivity index (χ1n) is 8.74. The SMILES string of the molecule is CC(=O)CCCCC[CH]C(=O)NCCc1cccc2ccccc12. The van der Waals surface area contributed by atoms with Gasteiger partial charge in [-0.05, 0) is 42.5 Å². The average molecular weight is 324 g/mol. The van der Waals surface area contributed by atoms with Gasteiger partial charge >= 0.3 is 0 Å². The fourth-order valence-corrected chi connectivity index (χ4v) is 2.83. The molecule has 3 heteroatoms. The predicted molar refractivity (Wildman–Crippen MR) is 98.7 cm³/mol. The number of carbonyl (C=O) groups excluding carboxylic acids is 2. The first kappa shape index (κ1) is 18.2. The topological polar surface area (TPSA) is 46.2 Å². The Morgan fingerprint density at radius 2 is 1.79 bits per heavy atom. The van der Waals surface area contributed by atoms with E-state index in [4.69, 9.17) is 0 Å². The summed E-state index contributed by atoms with van der Waals surface area (Å²) in [5, 5.41) is 5.44. The second kappa shape index (κ2) is 9.86. The van der Waals surface area contributed by atoms with Gasteiger partial charge < -0.3 is 10.1 Å². The molecule has 2 aromatic carbocycles. The summed E-state index contributed by atoms with van der Waals surface area (Å²) in [6, 6.07) is 14.6. The summed E-state index contributed by atoms with van der Waals surface area (Å²) in [5.41, 5.74) is 1.26. The molecule has 1 N–H and O–H groups in total. The molecule has 0 spiro atoms. The van der Waals surface area contributed by atoms with Gasteiger partial charge in [0, 0.05) is 19.4 Å². The van der Waals surface area contributed by atoms with Crippen LogP contribution in [0.4, 0.5) is 0 Å². The van der Waals surface area contributed by atoms with Gasteiger partial charge in [0.1, 0.15) is 5.78 Å². The Balaban J connectivity index is 1.64. The monoisotopic (exact) mass is 324 g/mol. The smallest absolute Gasteiger partial charge is 0.223 e. The predicted octanol–water partition coefficient (Wildman–Crippen LogP) is 4.24. The van der Waals surface area contributed by atoms with Crippen molar-refractivity contribution in [1.82, 2.24) is 5.32 Å². The Morgan fingerprint density at radius 3 is 2.62 bits per heavy atom. The number of unbranched alkanes of at least 4 members (excludes halogenated alkanes) is 3. The maximum absolute atomic E-state index is 11.8. The highest BCUT2D eigenvalue weighted by molar-refractivity contribution is 5.86. The highest BCUT2D eigenvalue weighted by Crippen LogP contribution is 2.18. The lowest BCUT2D eigenvalue weighted by Crippen LogP contribution is -2.25. The van der Waals surface area contributed by atoms with Gasteiger partial charge in [-0.1, -0.05) is 55.3 Å². The first-order chi connectivity index (χ1) is 11.7. The number of benzene rings is 2. The molecule has 0 bridgehead atoms. The third-order valence-corrected chi connectivity index (χ3v) is 4.14. The number of ketones is 1. The second-order valence-corrected chi connectivity index (χ2v) is 6.18. The molecular formula is C21H26NO2. The van der Waals surface area contributed by atoms with Crippen LogP contribution >= 0.6 is 0 Å². The van der Waals surface area contributed by atoms with E-state index in [-0.39, 0.29) is 11.7 Å². The Hall–Kier alpha value is -2.16. The van der Waals surface area contributed by atoms with Gasteiger partial charge in [0.25, 0.3) is 0 Å². The molecular weight excluding hydrogens is 298 g/mol. The van der Waals surface area contributed by atoms with Gasteiger partial charge in [-0.15, -0.1) is 0 Å². The average Bonchev–Trinajstić information content (AvgIpc) is 2.58. The van der Waals surface area contributed by atoms with Crippen LogP contribution in [-0.4, -0.2) is 18.2 Å².